The van der Waals surface area contributed by atoms with Crippen LogP contribution in [-0.4, -0.2) is 20.1 Å². The lowest BCUT2D eigenvalue weighted by Crippen LogP contribution is -2.36. The molecule has 130 valence electrons. The maximum absolute atomic E-state index is 5.36. The summed E-state index contributed by atoms with van der Waals surface area (Å²) in [7, 11) is 3.48. The minimum absolute atomic E-state index is 0. The summed E-state index contributed by atoms with van der Waals surface area (Å²) in [4.78, 5) is 4.27. The third kappa shape index (κ3) is 5.70. The maximum Gasteiger partial charge on any atom is 0.191 e. The van der Waals surface area contributed by atoms with Crippen molar-refractivity contribution in [2.45, 2.75) is 26.9 Å². The van der Waals surface area contributed by atoms with Gasteiger partial charge >= 0.3 is 0 Å². The average Bonchev–Trinajstić information content (AvgIpc) is 2.57. The van der Waals surface area contributed by atoms with Gasteiger partial charge in [0.1, 0.15) is 5.75 Å². The number of guanidine groups is 1. The van der Waals surface area contributed by atoms with Crippen LogP contribution in [0.5, 0.6) is 5.75 Å². The van der Waals surface area contributed by atoms with Crippen LogP contribution in [-0.2, 0) is 13.1 Å². The summed E-state index contributed by atoms with van der Waals surface area (Å²) in [5.41, 5.74) is 4.84. The molecule has 0 unspecified atom stereocenters. The fourth-order valence-electron chi connectivity index (χ4n) is 2.37. The monoisotopic (exact) mass is 439 g/mol. The number of halogens is 1. The van der Waals surface area contributed by atoms with Gasteiger partial charge in [0.15, 0.2) is 5.96 Å². The van der Waals surface area contributed by atoms with E-state index in [0.29, 0.717) is 6.54 Å². The van der Waals surface area contributed by atoms with Gasteiger partial charge in [-0.15, -0.1) is 24.0 Å². The lowest BCUT2D eigenvalue weighted by Gasteiger charge is -2.14. The Morgan fingerprint density at radius 1 is 1.00 bits per heavy atom. The Labute approximate surface area is 161 Å². The lowest BCUT2D eigenvalue weighted by atomic mass is 10.1. The first-order chi connectivity index (χ1) is 11.1. The van der Waals surface area contributed by atoms with Crippen molar-refractivity contribution in [2.24, 2.45) is 4.99 Å². The molecule has 4 nitrogen and oxygen atoms in total. The molecule has 5 heteroatoms. The highest BCUT2D eigenvalue weighted by molar-refractivity contribution is 14.0. The number of aryl methyl sites for hydroxylation is 2. The Kier molecular flexibility index (Phi) is 8.60. The van der Waals surface area contributed by atoms with Crippen molar-refractivity contribution < 1.29 is 4.74 Å². The first kappa shape index (κ1) is 20.3. The molecule has 0 bridgehead atoms. The predicted octanol–water partition coefficient (Wildman–Crippen LogP) is 3.80. The third-order valence-corrected chi connectivity index (χ3v) is 3.86. The summed E-state index contributed by atoms with van der Waals surface area (Å²) in [6.45, 7) is 5.61. The van der Waals surface area contributed by atoms with Crippen LogP contribution in [0.25, 0.3) is 0 Å². The van der Waals surface area contributed by atoms with E-state index in [1.807, 2.05) is 6.92 Å². The largest absolute Gasteiger partial charge is 0.496 e. The van der Waals surface area contributed by atoms with Gasteiger partial charge in [-0.25, -0.2) is 0 Å². The molecule has 0 saturated heterocycles. The van der Waals surface area contributed by atoms with Crippen molar-refractivity contribution >= 4 is 29.9 Å². The van der Waals surface area contributed by atoms with E-state index in [9.17, 15) is 0 Å². The average molecular weight is 439 g/mol. The van der Waals surface area contributed by atoms with Crippen molar-refractivity contribution in [1.29, 1.82) is 0 Å². The molecule has 0 aliphatic heterocycles. The number of ether oxygens (including phenoxy) is 1. The van der Waals surface area contributed by atoms with Crippen LogP contribution in [0.1, 0.15) is 22.3 Å². The van der Waals surface area contributed by atoms with Crippen molar-refractivity contribution in [3.63, 3.8) is 0 Å². The van der Waals surface area contributed by atoms with E-state index >= 15 is 0 Å². The number of rotatable bonds is 5. The second-order valence-electron chi connectivity index (χ2n) is 5.51. The van der Waals surface area contributed by atoms with Crippen molar-refractivity contribution in [1.82, 2.24) is 10.6 Å². The van der Waals surface area contributed by atoms with Gasteiger partial charge in [0, 0.05) is 20.1 Å². The molecule has 0 heterocycles. The lowest BCUT2D eigenvalue weighted by molar-refractivity contribution is 0.411. The van der Waals surface area contributed by atoms with Crippen LogP contribution >= 0.6 is 24.0 Å². The summed E-state index contributed by atoms with van der Waals surface area (Å²) >= 11 is 0. The molecule has 0 aromatic heterocycles. The van der Waals surface area contributed by atoms with E-state index in [-0.39, 0.29) is 24.0 Å². The topological polar surface area (TPSA) is 45.7 Å². The molecule has 2 aromatic carbocycles. The zero-order valence-corrected chi connectivity index (χ0v) is 17.0. The molecular weight excluding hydrogens is 413 g/mol. The third-order valence-electron chi connectivity index (χ3n) is 3.86. The molecule has 2 aromatic rings. The van der Waals surface area contributed by atoms with E-state index < -0.39 is 0 Å². The number of nitrogens with one attached hydrogen (secondary N) is 2. The van der Waals surface area contributed by atoms with Gasteiger partial charge in [0.2, 0.25) is 0 Å². The number of methoxy groups -OCH3 is 1. The van der Waals surface area contributed by atoms with Crippen LogP contribution in [0.2, 0.25) is 0 Å². The van der Waals surface area contributed by atoms with Crippen LogP contribution in [0.4, 0.5) is 0 Å². The zero-order valence-electron chi connectivity index (χ0n) is 14.7. The van der Waals surface area contributed by atoms with Crippen LogP contribution < -0.4 is 15.4 Å². The summed E-state index contributed by atoms with van der Waals surface area (Å²) in [6.07, 6.45) is 0. The van der Waals surface area contributed by atoms with Crippen LogP contribution in [0, 0.1) is 13.8 Å². The van der Waals surface area contributed by atoms with Crippen LogP contribution in [0.3, 0.4) is 0 Å². The van der Waals surface area contributed by atoms with E-state index in [0.717, 1.165) is 29.4 Å². The smallest absolute Gasteiger partial charge is 0.191 e. The summed E-state index contributed by atoms with van der Waals surface area (Å²) in [5.74, 6) is 1.69. The highest BCUT2D eigenvalue weighted by Gasteiger charge is 2.03. The van der Waals surface area contributed by atoms with Gasteiger partial charge in [-0.1, -0.05) is 36.4 Å². The van der Waals surface area contributed by atoms with E-state index in [1.54, 1.807) is 14.2 Å². The van der Waals surface area contributed by atoms with Crippen LogP contribution in [0.15, 0.2) is 47.5 Å². The van der Waals surface area contributed by atoms with Gasteiger partial charge in [0.25, 0.3) is 0 Å². The van der Waals surface area contributed by atoms with Crippen molar-refractivity contribution in [3.8, 4) is 5.75 Å². The molecule has 0 aliphatic rings. The quantitative estimate of drug-likeness (QED) is 0.424. The highest BCUT2D eigenvalue weighted by atomic mass is 127. The first-order valence-corrected chi connectivity index (χ1v) is 7.76. The second kappa shape index (κ2) is 10.2. The predicted molar refractivity (Wildman–Crippen MR) is 111 cm³/mol. The first-order valence-electron chi connectivity index (χ1n) is 7.76. The fraction of sp³-hybridized carbons (Fsp3) is 0.316. The molecule has 0 aliphatic carbocycles. The molecule has 0 fully saturated rings. The molecule has 0 spiro atoms. The number of benzene rings is 2. The number of hydrogen-bond acceptors (Lipinski definition) is 2. The van der Waals surface area contributed by atoms with E-state index in [1.165, 1.54) is 11.1 Å². The van der Waals surface area contributed by atoms with E-state index in [4.69, 9.17) is 4.74 Å². The molecular formula is C19H26IN3O. The Morgan fingerprint density at radius 2 is 1.71 bits per heavy atom. The SMILES string of the molecule is CN=C(NCc1ccc(C)c(OC)c1)NCc1ccccc1C.I. The summed E-state index contributed by atoms with van der Waals surface area (Å²) in [6, 6.07) is 14.6. The minimum Gasteiger partial charge on any atom is -0.496 e. The molecule has 0 amide bonds. The standard InChI is InChI=1S/C19H25N3O.HI/c1-14-7-5-6-8-17(14)13-22-19(20-3)21-12-16-10-9-15(2)18(11-16)23-4;/h5-11H,12-13H2,1-4H3,(H2,20,21,22);1H. The Balaban J connectivity index is 0.00000288. The Bertz CT molecular complexity index is 686. The van der Waals surface area contributed by atoms with E-state index in [2.05, 4.69) is 65.0 Å². The molecule has 2 rings (SSSR count). The second-order valence-corrected chi connectivity index (χ2v) is 5.51. The number of nitrogens with zero attached hydrogens (tertiary/aromatic N) is 1. The Hall–Kier alpha value is -1.76. The molecule has 0 atom stereocenters. The van der Waals surface area contributed by atoms with Gasteiger partial charge in [-0.2, -0.15) is 0 Å². The number of aliphatic imine (C=N–C) groups is 1. The van der Waals surface area contributed by atoms with Gasteiger partial charge in [-0.3, -0.25) is 4.99 Å². The minimum atomic E-state index is 0. The molecule has 0 radical (unpaired) electrons. The summed E-state index contributed by atoms with van der Waals surface area (Å²) in [5, 5.41) is 6.67. The molecule has 24 heavy (non-hydrogen) atoms. The normalized spacial score (nSPS) is 10.8. The molecule has 2 N–H and O–H groups in total. The van der Waals surface area contributed by atoms with Gasteiger partial charge in [-0.05, 0) is 42.2 Å². The molecule has 0 saturated carbocycles. The maximum atomic E-state index is 5.36. The van der Waals surface area contributed by atoms with Crippen molar-refractivity contribution in [2.75, 3.05) is 14.2 Å². The summed E-state index contributed by atoms with van der Waals surface area (Å²) < 4.78 is 5.36. The highest BCUT2D eigenvalue weighted by Crippen LogP contribution is 2.18. The number of hydrogen-bond donors (Lipinski definition) is 2. The van der Waals surface area contributed by atoms with Gasteiger partial charge < -0.3 is 15.4 Å². The zero-order chi connectivity index (χ0) is 16.7. The Morgan fingerprint density at radius 3 is 2.38 bits per heavy atom. The van der Waals surface area contributed by atoms with Crippen molar-refractivity contribution in [3.05, 3.63) is 64.7 Å². The fourth-order valence-corrected chi connectivity index (χ4v) is 2.37. The van der Waals surface area contributed by atoms with Gasteiger partial charge in [0.05, 0.1) is 7.11 Å².